The van der Waals surface area contributed by atoms with Gasteiger partial charge in [-0.3, -0.25) is 0 Å². The summed E-state index contributed by atoms with van der Waals surface area (Å²) >= 11 is 3.20. The lowest BCUT2D eigenvalue weighted by atomic mass is 9.90. The number of halogens is 2. The lowest BCUT2D eigenvalue weighted by Gasteiger charge is -2.40. The van der Waals surface area contributed by atoms with Crippen molar-refractivity contribution >= 4 is 27.3 Å². The van der Waals surface area contributed by atoms with Gasteiger partial charge in [0.1, 0.15) is 5.82 Å². The Kier molecular flexibility index (Phi) is 4.45. The van der Waals surface area contributed by atoms with E-state index in [0.717, 1.165) is 25.1 Å². The minimum Gasteiger partial charge on any atom is -0.397 e. The molecule has 18 heavy (non-hydrogen) atoms. The summed E-state index contributed by atoms with van der Waals surface area (Å²) in [6, 6.07) is 3.56. The summed E-state index contributed by atoms with van der Waals surface area (Å²) in [5, 5.41) is 8.98. The molecule has 1 aromatic carbocycles. The molecule has 3 nitrogen and oxygen atoms in total. The van der Waals surface area contributed by atoms with E-state index in [2.05, 4.69) is 20.8 Å². The monoisotopic (exact) mass is 316 g/mol. The van der Waals surface area contributed by atoms with Gasteiger partial charge in [-0.25, -0.2) is 4.39 Å². The van der Waals surface area contributed by atoms with Crippen LogP contribution in [0.3, 0.4) is 0 Å². The lowest BCUT2D eigenvalue weighted by molar-refractivity contribution is 0.283. The number of nitrogens with zero attached hydrogens (tertiary/aromatic N) is 1. The van der Waals surface area contributed by atoms with E-state index in [4.69, 9.17) is 10.8 Å². The van der Waals surface area contributed by atoms with Crippen LogP contribution < -0.4 is 10.6 Å². The van der Waals surface area contributed by atoms with E-state index >= 15 is 0 Å². The van der Waals surface area contributed by atoms with Crippen molar-refractivity contribution in [2.24, 2.45) is 0 Å². The zero-order chi connectivity index (χ0) is 13.1. The maximum absolute atomic E-state index is 13.4. The molecule has 0 atom stereocenters. The molecule has 1 aliphatic rings. The number of nitrogen functional groups attached to an aromatic ring is 1. The van der Waals surface area contributed by atoms with Crippen molar-refractivity contribution in [1.82, 2.24) is 0 Å². The van der Waals surface area contributed by atoms with Crippen LogP contribution in [0.4, 0.5) is 15.8 Å². The average molecular weight is 317 g/mol. The number of anilines is 2. The fraction of sp³-hybridized carbons (Fsp3) is 0.538. The third-order valence-electron chi connectivity index (χ3n) is 3.45. The Labute approximate surface area is 115 Å². The van der Waals surface area contributed by atoms with Crippen LogP contribution in [0.2, 0.25) is 0 Å². The molecular weight excluding hydrogens is 299 g/mol. The SMILES string of the molecule is Nc1cc(F)c(Br)cc1N(CCCO)C1CCC1. The van der Waals surface area contributed by atoms with Crippen molar-refractivity contribution in [3.8, 4) is 0 Å². The van der Waals surface area contributed by atoms with Crippen LogP contribution in [0.1, 0.15) is 25.7 Å². The van der Waals surface area contributed by atoms with Crippen molar-refractivity contribution < 1.29 is 9.50 Å². The van der Waals surface area contributed by atoms with E-state index in [1.54, 1.807) is 6.07 Å². The number of aliphatic hydroxyl groups is 1. The Bertz CT molecular complexity index is 424. The van der Waals surface area contributed by atoms with Crippen molar-refractivity contribution in [2.45, 2.75) is 31.7 Å². The molecule has 0 aliphatic heterocycles. The maximum atomic E-state index is 13.4. The van der Waals surface area contributed by atoms with E-state index in [0.29, 0.717) is 22.6 Å². The predicted octanol–water partition coefficient (Wildman–Crippen LogP) is 2.91. The van der Waals surface area contributed by atoms with E-state index < -0.39 is 0 Å². The van der Waals surface area contributed by atoms with Crippen molar-refractivity contribution in [3.05, 3.63) is 22.4 Å². The van der Waals surface area contributed by atoms with Gasteiger partial charge in [-0.1, -0.05) is 0 Å². The summed E-state index contributed by atoms with van der Waals surface area (Å²) in [5.74, 6) is -0.341. The number of hydrogen-bond acceptors (Lipinski definition) is 3. The third kappa shape index (κ3) is 2.78. The van der Waals surface area contributed by atoms with Crippen molar-refractivity contribution in [1.29, 1.82) is 0 Å². The van der Waals surface area contributed by atoms with Crippen LogP contribution in [0.25, 0.3) is 0 Å². The lowest BCUT2D eigenvalue weighted by Crippen LogP contribution is -2.41. The largest absolute Gasteiger partial charge is 0.397 e. The predicted molar refractivity (Wildman–Crippen MR) is 75.2 cm³/mol. The first kappa shape index (κ1) is 13.6. The normalized spacial score (nSPS) is 15.5. The van der Waals surface area contributed by atoms with E-state index in [1.165, 1.54) is 12.5 Å². The number of hydrogen-bond donors (Lipinski definition) is 2. The summed E-state index contributed by atoms with van der Waals surface area (Å²) in [4.78, 5) is 2.19. The first-order valence-electron chi connectivity index (χ1n) is 6.25. The summed E-state index contributed by atoms with van der Waals surface area (Å²) < 4.78 is 13.8. The second-order valence-corrected chi connectivity index (χ2v) is 5.53. The minimum atomic E-state index is -0.341. The van der Waals surface area contributed by atoms with Crippen LogP contribution in [0.15, 0.2) is 16.6 Å². The van der Waals surface area contributed by atoms with E-state index in [1.807, 2.05) is 0 Å². The van der Waals surface area contributed by atoms with Gasteiger partial charge in [0.15, 0.2) is 0 Å². The molecule has 0 aromatic heterocycles. The Hall–Kier alpha value is -0.810. The Morgan fingerprint density at radius 1 is 1.44 bits per heavy atom. The van der Waals surface area contributed by atoms with Gasteiger partial charge in [-0.2, -0.15) is 0 Å². The highest BCUT2D eigenvalue weighted by molar-refractivity contribution is 9.10. The van der Waals surface area contributed by atoms with Crippen molar-refractivity contribution in [3.63, 3.8) is 0 Å². The molecular formula is C13H18BrFN2O. The quantitative estimate of drug-likeness (QED) is 0.821. The summed E-state index contributed by atoms with van der Waals surface area (Å²) in [5.41, 5.74) is 7.24. The van der Waals surface area contributed by atoms with Gasteiger partial charge in [-0.05, 0) is 47.7 Å². The molecule has 5 heteroatoms. The molecule has 100 valence electrons. The molecule has 1 fully saturated rings. The van der Waals surface area contributed by atoms with Crippen LogP contribution in [-0.4, -0.2) is 24.3 Å². The standard InChI is InChI=1S/C13H18BrFN2O/c14-10-7-13(12(16)8-11(10)15)17(5-2-6-18)9-3-1-4-9/h7-9,18H,1-6,16H2. The fourth-order valence-electron chi connectivity index (χ4n) is 2.24. The van der Waals surface area contributed by atoms with Gasteiger partial charge >= 0.3 is 0 Å². The topological polar surface area (TPSA) is 49.5 Å². The molecule has 1 aliphatic carbocycles. The molecule has 2 rings (SSSR count). The zero-order valence-electron chi connectivity index (χ0n) is 10.2. The highest BCUT2D eigenvalue weighted by atomic mass is 79.9. The molecule has 0 unspecified atom stereocenters. The summed E-state index contributed by atoms with van der Waals surface area (Å²) in [6.07, 6.45) is 4.20. The molecule has 0 radical (unpaired) electrons. The number of nitrogens with two attached hydrogens (primary N) is 1. The molecule has 1 aromatic rings. The average Bonchev–Trinajstić information content (AvgIpc) is 2.27. The van der Waals surface area contributed by atoms with E-state index in [9.17, 15) is 4.39 Å². The van der Waals surface area contributed by atoms with Gasteiger partial charge in [-0.15, -0.1) is 0 Å². The van der Waals surface area contributed by atoms with Crippen LogP contribution >= 0.6 is 15.9 Å². The van der Waals surface area contributed by atoms with Crippen LogP contribution in [0, 0.1) is 5.82 Å². The number of aliphatic hydroxyl groups excluding tert-OH is 1. The molecule has 3 N–H and O–H groups in total. The molecule has 0 saturated heterocycles. The molecule has 0 amide bonds. The Morgan fingerprint density at radius 2 is 2.17 bits per heavy atom. The van der Waals surface area contributed by atoms with Gasteiger partial charge in [0.05, 0.1) is 15.8 Å². The van der Waals surface area contributed by atoms with Crippen LogP contribution in [-0.2, 0) is 0 Å². The first-order chi connectivity index (χ1) is 8.63. The molecule has 0 heterocycles. The third-order valence-corrected chi connectivity index (χ3v) is 4.06. The summed E-state index contributed by atoms with van der Waals surface area (Å²) in [7, 11) is 0. The van der Waals surface area contributed by atoms with Crippen LogP contribution in [0.5, 0.6) is 0 Å². The van der Waals surface area contributed by atoms with Gasteiger partial charge in [0.25, 0.3) is 0 Å². The highest BCUT2D eigenvalue weighted by Gasteiger charge is 2.26. The van der Waals surface area contributed by atoms with Gasteiger partial charge in [0, 0.05) is 25.3 Å². The minimum absolute atomic E-state index is 0.158. The summed E-state index contributed by atoms with van der Waals surface area (Å²) in [6.45, 7) is 0.912. The molecule has 0 bridgehead atoms. The van der Waals surface area contributed by atoms with Crippen molar-refractivity contribution in [2.75, 3.05) is 23.8 Å². The van der Waals surface area contributed by atoms with Gasteiger partial charge in [0.2, 0.25) is 0 Å². The maximum Gasteiger partial charge on any atom is 0.139 e. The number of benzene rings is 1. The smallest absolute Gasteiger partial charge is 0.139 e. The number of rotatable bonds is 5. The highest BCUT2D eigenvalue weighted by Crippen LogP contribution is 2.35. The molecule has 0 spiro atoms. The van der Waals surface area contributed by atoms with E-state index in [-0.39, 0.29) is 12.4 Å². The Balaban J connectivity index is 2.25. The second kappa shape index (κ2) is 5.89. The molecule has 1 saturated carbocycles. The van der Waals surface area contributed by atoms with Gasteiger partial charge < -0.3 is 15.7 Å². The zero-order valence-corrected chi connectivity index (χ0v) is 11.8. The fourth-order valence-corrected chi connectivity index (χ4v) is 2.57. The first-order valence-corrected chi connectivity index (χ1v) is 7.05. The second-order valence-electron chi connectivity index (χ2n) is 4.68. The Morgan fingerprint density at radius 3 is 2.72 bits per heavy atom.